The van der Waals surface area contributed by atoms with E-state index in [2.05, 4.69) is 6.92 Å². The number of nitro groups is 2. The third-order valence-electron chi connectivity index (χ3n) is 4.65. The Bertz CT molecular complexity index is 750. The molecule has 0 aliphatic carbocycles. The Morgan fingerprint density at radius 2 is 1.19 bits per heavy atom. The molecular weight excluding hydrogens is 332 g/mol. The van der Waals surface area contributed by atoms with E-state index >= 15 is 0 Å². The van der Waals surface area contributed by atoms with Crippen molar-refractivity contribution in [1.82, 2.24) is 0 Å². The van der Waals surface area contributed by atoms with Crippen molar-refractivity contribution in [3.63, 3.8) is 0 Å². The van der Waals surface area contributed by atoms with Gasteiger partial charge in [0.2, 0.25) is 0 Å². The molecule has 0 aliphatic heterocycles. The fourth-order valence-corrected chi connectivity index (χ4v) is 3.40. The van der Waals surface area contributed by atoms with Crippen molar-refractivity contribution in [2.75, 3.05) is 0 Å². The maximum absolute atomic E-state index is 11.1. The number of non-ortho nitro benzene ring substituents is 2. The monoisotopic (exact) mass is 356 g/mol. The molecule has 2 aromatic rings. The highest BCUT2D eigenvalue weighted by molar-refractivity contribution is 5.49. The number of hydrogen-bond donors (Lipinski definition) is 0. The van der Waals surface area contributed by atoms with E-state index in [1.807, 2.05) is 26.0 Å². The Kier molecular flexibility index (Phi) is 6.44. The second kappa shape index (κ2) is 8.56. The molecule has 0 fully saturated rings. The first kappa shape index (κ1) is 19.6. The van der Waals surface area contributed by atoms with Crippen molar-refractivity contribution in [2.24, 2.45) is 0 Å². The summed E-state index contributed by atoms with van der Waals surface area (Å²) in [5.41, 5.74) is 4.22. The number of rotatable bonds is 8. The van der Waals surface area contributed by atoms with Gasteiger partial charge in [-0.1, -0.05) is 45.7 Å². The summed E-state index contributed by atoms with van der Waals surface area (Å²) in [5.74, 6) is 0.0136. The van der Waals surface area contributed by atoms with Gasteiger partial charge in [-0.25, -0.2) is 0 Å². The molecule has 0 saturated heterocycles. The summed E-state index contributed by atoms with van der Waals surface area (Å²) >= 11 is 0. The van der Waals surface area contributed by atoms with Gasteiger partial charge in [0.25, 0.3) is 11.4 Å². The molecule has 0 unspecified atom stereocenters. The summed E-state index contributed by atoms with van der Waals surface area (Å²) in [6.07, 6.45) is 3.31. The molecule has 0 atom stereocenters. The van der Waals surface area contributed by atoms with Crippen LogP contribution in [0.25, 0.3) is 0 Å². The van der Waals surface area contributed by atoms with E-state index in [0.29, 0.717) is 0 Å². The molecule has 0 radical (unpaired) electrons. The van der Waals surface area contributed by atoms with Gasteiger partial charge < -0.3 is 0 Å². The fourth-order valence-electron chi connectivity index (χ4n) is 3.40. The maximum atomic E-state index is 11.1. The Hall–Kier alpha value is -2.76. The summed E-state index contributed by atoms with van der Waals surface area (Å²) < 4.78 is 0. The van der Waals surface area contributed by atoms with E-state index in [4.69, 9.17) is 0 Å². The zero-order valence-electron chi connectivity index (χ0n) is 15.4. The SMILES string of the molecule is CCCc1cc([N+](=O)[O-])ccc1C(C)c1ccc([N+](=O)[O-])cc1CCC. The van der Waals surface area contributed by atoms with E-state index in [-0.39, 0.29) is 27.1 Å². The lowest BCUT2D eigenvalue weighted by Gasteiger charge is -2.20. The Morgan fingerprint density at radius 3 is 1.50 bits per heavy atom. The minimum absolute atomic E-state index is 0.0136. The molecule has 0 N–H and O–H groups in total. The van der Waals surface area contributed by atoms with Crippen LogP contribution in [0.3, 0.4) is 0 Å². The fraction of sp³-hybridized carbons (Fsp3) is 0.400. The van der Waals surface area contributed by atoms with Crippen LogP contribution >= 0.6 is 0 Å². The van der Waals surface area contributed by atoms with Gasteiger partial charge in [-0.2, -0.15) is 0 Å². The van der Waals surface area contributed by atoms with Crippen LogP contribution in [0.1, 0.15) is 61.8 Å². The number of hydrogen-bond acceptors (Lipinski definition) is 4. The third-order valence-corrected chi connectivity index (χ3v) is 4.65. The molecule has 0 aliphatic rings. The highest BCUT2D eigenvalue weighted by Gasteiger charge is 2.20. The van der Waals surface area contributed by atoms with E-state index in [1.165, 1.54) is 12.1 Å². The lowest BCUT2D eigenvalue weighted by molar-refractivity contribution is -0.385. The van der Waals surface area contributed by atoms with Crippen LogP contribution in [0, 0.1) is 20.2 Å². The van der Waals surface area contributed by atoms with Gasteiger partial charge in [0, 0.05) is 30.2 Å². The van der Waals surface area contributed by atoms with Crippen molar-refractivity contribution >= 4 is 11.4 Å². The molecule has 2 rings (SSSR count). The summed E-state index contributed by atoms with van der Waals surface area (Å²) in [4.78, 5) is 21.4. The molecule has 0 spiro atoms. The maximum Gasteiger partial charge on any atom is 0.269 e. The third kappa shape index (κ3) is 4.25. The van der Waals surface area contributed by atoms with Gasteiger partial charge in [-0.05, 0) is 35.1 Å². The van der Waals surface area contributed by atoms with Crippen LogP contribution in [0.5, 0.6) is 0 Å². The van der Waals surface area contributed by atoms with Gasteiger partial charge in [-0.3, -0.25) is 20.2 Å². The second-order valence-corrected chi connectivity index (χ2v) is 6.50. The van der Waals surface area contributed by atoms with Crippen molar-refractivity contribution in [1.29, 1.82) is 0 Å². The molecule has 0 heterocycles. The summed E-state index contributed by atoms with van der Waals surface area (Å²) in [6.45, 7) is 6.14. The van der Waals surface area contributed by atoms with Gasteiger partial charge in [-0.15, -0.1) is 0 Å². The molecule has 6 nitrogen and oxygen atoms in total. The number of nitro benzene ring substituents is 2. The largest absolute Gasteiger partial charge is 0.269 e. The van der Waals surface area contributed by atoms with Crippen LogP contribution in [-0.4, -0.2) is 9.85 Å². The average Bonchev–Trinajstić information content (AvgIpc) is 2.61. The van der Waals surface area contributed by atoms with Crippen LogP contribution in [-0.2, 0) is 12.8 Å². The Labute approximate surface area is 153 Å². The van der Waals surface area contributed by atoms with Gasteiger partial charge in [0.1, 0.15) is 0 Å². The van der Waals surface area contributed by atoms with Crippen LogP contribution in [0.2, 0.25) is 0 Å². The minimum Gasteiger partial charge on any atom is -0.258 e. The van der Waals surface area contributed by atoms with Gasteiger partial charge >= 0.3 is 0 Å². The quantitative estimate of drug-likeness (QED) is 0.457. The number of nitrogens with zero attached hydrogens (tertiary/aromatic N) is 2. The first-order chi connectivity index (χ1) is 12.4. The highest BCUT2D eigenvalue weighted by Crippen LogP contribution is 2.34. The second-order valence-electron chi connectivity index (χ2n) is 6.50. The van der Waals surface area contributed by atoms with Crippen LogP contribution in [0.4, 0.5) is 11.4 Å². The normalized spacial score (nSPS) is 10.9. The lowest BCUT2D eigenvalue weighted by atomic mass is 9.84. The molecule has 0 amide bonds. The van der Waals surface area contributed by atoms with Gasteiger partial charge in [0.15, 0.2) is 0 Å². The van der Waals surface area contributed by atoms with Crippen molar-refractivity contribution in [3.8, 4) is 0 Å². The summed E-state index contributed by atoms with van der Waals surface area (Å²) in [6, 6.07) is 10.0. The zero-order chi connectivity index (χ0) is 19.3. The Balaban J connectivity index is 2.52. The molecule has 2 aromatic carbocycles. The van der Waals surface area contributed by atoms with Gasteiger partial charge in [0.05, 0.1) is 9.85 Å². The number of aryl methyl sites for hydroxylation is 2. The smallest absolute Gasteiger partial charge is 0.258 e. The lowest BCUT2D eigenvalue weighted by Crippen LogP contribution is -2.06. The molecule has 0 aromatic heterocycles. The number of benzene rings is 2. The molecule has 138 valence electrons. The first-order valence-electron chi connectivity index (χ1n) is 8.93. The standard InChI is InChI=1S/C20H24N2O4/c1-4-6-15-12-17(21(23)24)8-10-19(15)14(3)20-11-9-18(22(25)26)13-16(20)7-5-2/h8-14H,4-7H2,1-3H3. The summed E-state index contributed by atoms with van der Waals surface area (Å²) in [7, 11) is 0. The molecule has 0 bridgehead atoms. The molecule has 6 heteroatoms. The zero-order valence-corrected chi connectivity index (χ0v) is 15.4. The van der Waals surface area contributed by atoms with E-state index < -0.39 is 0 Å². The molecule has 0 saturated carbocycles. The minimum atomic E-state index is -0.373. The topological polar surface area (TPSA) is 86.3 Å². The predicted molar refractivity (Wildman–Crippen MR) is 102 cm³/mol. The summed E-state index contributed by atoms with van der Waals surface area (Å²) in [5, 5.41) is 22.2. The van der Waals surface area contributed by atoms with E-state index in [1.54, 1.807) is 12.1 Å². The van der Waals surface area contributed by atoms with E-state index in [0.717, 1.165) is 47.9 Å². The highest BCUT2D eigenvalue weighted by atomic mass is 16.6. The molecule has 26 heavy (non-hydrogen) atoms. The average molecular weight is 356 g/mol. The van der Waals surface area contributed by atoms with Crippen molar-refractivity contribution in [3.05, 3.63) is 78.9 Å². The van der Waals surface area contributed by atoms with Crippen molar-refractivity contribution in [2.45, 2.75) is 52.4 Å². The Morgan fingerprint density at radius 1 is 0.808 bits per heavy atom. The van der Waals surface area contributed by atoms with Crippen LogP contribution in [0.15, 0.2) is 36.4 Å². The van der Waals surface area contributed by atoms with Crippen LogP contribution < -0.4 is 0 Å². The van der Waals surface area contributed by atoms with E-state index in [9.17, 15) is 20.2 Å². The predicted octanol–water partition coefficient (Wildman–Crippen LogP) is 5.56. The first-order valence-corrected chi connectivity index (χ1v) is 8.93. The van der Waals surface area contributed by atoms with Crippen molar-refractivity contribution < 1.29 is 9.85 Å². The molecular formula is C20H24N2O4.